The minimum absolute atomic E-state index is 0.236. The Hall–Kier alpha value is 0.210. The van der Waals surface area contributed by atoms with Gasteiger partial charge in [0.2, 0.25) is 0 Å². The normalized spacial score (nSPS) is 31.7. The Kier molecular flexibility index (Phi) is 2.33. The number of likely N-dealkylation sites (N-methyl/N-ethyl adjacent to an activating group) is 2. The van der Waals surface area contributed by atoms with Crippen molar-refractivity contribution >= 4 is 11.6 Å². The molecule has 1 unspecified atom stereocenters. The predicted octanol–water partition coefficient (Wildman–Crippen LogP) is 0.776. The molecule has 54 valence electrons. The van der Waals surface area contributed by atoms with Crippen LogP contribution < -0.4 is 0 Å². The largest absolute Gasteiger partial charge is 0.291 e. The summed E-state index contributed by atoms with van der Waals surface area (Å²) in [6.45, 7) is 5.20. The van der Waals surface area contributed by atoms with Crippen LogP contribution in [0.2, 0.25) is 0 Å². The third kappa shape index (κ3) is 1.57. The Morgan fingerprint density at radius 2 is 2.33 bits per heavy atom. The smallest absolute Gasteiger partial charge is 0.0989 e. The fourth-order valence-corrected chi connectivity index (χ4v) is 1.56. The van der Waals surface area contributed by atoms with Gasteiger partial charge in [0, 0.05) is 6.54 Å². The minimum Gasteiger partial charge on any atom is -0.291 e. The van der Waals surface area contributed by atoms with Crippen molar-refractivity contribution in [2.45, 2.75) is 12.4 Å². The maximum Gasteiger partial charge on any atom is 0.0989 e. The van der Waals surface area contributed by atoms with Crippen LogP contribution in [0.4, 0.5) is 0 Å². The summed E-state index contributed by atoms with van der Waals surface area (Å²) in [5, 5.41) is 0. The van der Waals surface area contributed by atoms with Gasteiger partial charge in [0.25, 0.3) is 0 Å². The van der Waals surface area contributed by atoms with Crippen LogP contribution in [0.1, 0.15) is 6.92 Å². The molecular weight excluding hydrogens is 136 g/mol. The number of rotatable bonds is 1. The Labute approximate surface area is 61.4 Å². The van der Waals surface area contributed by atoms with Crippen molar-refractivity contribution in [3.63, 3.8) is 0 Å². The Morgan fingerprint density at radius 1 is 1.67 bits per heavy atom. The summed E-state index contributed by atoms with van der Waals surface area (Å²) in [4.78, 5) is 4.46. The van der Waals surface area contributed by atoms with Crippen molar-refractivity contribution < 1.29 is 0 Å². The van der Waals surface area contributed by atoms with Gasteiger partial charge in [-0.3, -0.25) is 9.80 Å². The fraction of sp³-hybridized carbons (Fsp3) is 1.00. The van der Waals surface area contributed by atoms with Crippen molar-refractivity contribution in [1.82, 2.24) is 9.80 Å². The first-order valence-electron chi connectivity index (χ1n) is 3.30. The average Bonchev–Trinajstić information content (AvgIpc) is 2.10. The Morgan fingerprint density at radius 3 is 2.56 bits per heavy atom. The first-order valence-corrected chi connectivity index (χ1v) is 3.74. The van der Waals surface area contributed by atoms with E-state index in [2.05, 4.69) is 23.8 Å². The van der Waals surface area contributed by atoms with Gasteiger partial charge in [-0.2, -0.15) is 0 Å². The summed E-state index contributed by atoms with van der Waals surface area (Å²) in [7, 11) is 2.09. The highest BCUT2D eigenvalue weighted by atomic mass is 35.5. The van der Waals surface area contributed by atoms with Gasteiger partial charge in [0.15, 0.2) is 0 Å². The highest BCUT2D eigenvalue weighted by molar-refractivity contribution is 6.20. The van der Waals surface area contributed by atoms with Gasteiger partial charge >= 0.3 is 0 Å². The van der Waals surface area contributed by atoms with Crippen molar-refractivity contribution in [3.05, 3.63) is 0 Å². The van der Waals surface area contributed by atoms with E-state index in [4.69, 9.17) is 11.6 Å². The fourth-order valence-electron chi connectivity index (χ4n) is 1.13. The van der Waals surface area contributed by atoms with Crippen LogP contribution in [0.5, 0.6) is 0 Å². The topological polar surface area (TPSA) is 6.48 Å². The molecule has 3 heteroatoms. The summed E-state index contributed by atoms with van der Waals surface area (Å²) in [6, 6.07) is 0. The number of nitrogens with zero attached hydrogens (tertiary/aromatic N) is 2. The number of hydrogen-bond donors (Lipinski definition) is 0. The van der Waals surface area contributed by atoms with Crippen LogP contribution in [0, 0.1) is 0 Å². The molecule has 1 aliphatic rings. The third-order valence-corrected chi connectivity index (χ3v) is 2.10. The second-order valence-electron chi connectivity index (χ2n) is 2.52. The lowest BCUT2D eigenvalue weighted by Crippen LogP contribution is -2.26. The average molecular weight is 149 g/mol. The molecule has 0 aromatic carbocycles. The van der Waals surface area contributed by atoms with E-state index >= 15 is 0 Å². The van der Waals surface area contributed by atoms with Gasteiger partial charge in [-0.15, -0.1) is 11.6 Å². The van der Waals surface area contributed by atoms with Crippen LogP contribution in [-0.4, -0.2) is 42.1 Å². The summed E-state index contributed by atoms with van der Waals surface area (Å²) in [5.74, 6) is 0. The zero-order chi connectivity index (χ0) is 6.85. The molecular formula is C6H13ClN2. The summed E-state index contributed by atoms with van der Waals surface area (Å²) in [6.07, 6.45) is 0. The van der Waals surface area contributed by atoms with Gasteiger partial charge in [0.05, 0.1) is 12.2 Å². The maximum atomic E-state index is 5.96. The van der Waals surface area contributed by atoms with Crippen LogP contribution in [0.3, 0.4) is 0 Å². The SMILES string of the molecule is CCN1CN(C)CC1Cl. The molecule has 0 spiro atoms. The summed E-state index contributed by atoms with van der Waals surface area (Å²) < 4.78 is 0. The highest BCUT2D eigenvalue weighted by Gasteiger charge is 2.23. The van der Waals surface area contributed by atoms with Gasteiger partial charge in [-0.1, -0.05) is 6.92 Å². The summed E-state index contributed by atoms with van der Waals surface area (Å²) in [5.41, 5.74) is 0.236. The molecule has 1 fully saturated rings. The third-order valence-electron chi connectivity index (χ3n) is 1.69. The van der Waals surface area contributed by atoms with Gasteiger partial charge in [0.1, 0.15) is 0 Å². The van der Waals surface area contributed by atoms with E-state index in [0.717, 1.165) is 19.8 Å². The molecule has 0 N–H and O–H groups in total. The molecule has 0 radical (unpaired) electrons. The van der Waals surface area contributed by atoms with Gasteiger partial charge < -0.3 is 0 Å². The quantitative estimate of drug-likeness (QED) is 0.401. The lowest BCUT2D eigenvalue weighted by atomic mass is 10.6. The first kappa shape index (κ1) is 7.32. The van der Waals surface area contributed by atoms with E-state index in [-0.39, 0.29) is 5.50 Å². The zero-order valence-electron chi connectivity index (χ0n) is 5.97. The Bertz CT molecular complexity index is 97.1. The van der Waals surface area contributed by atoms with E-state index in [1.807, 2.05) is 0 Å². The molecule has 1 heterocycles. The maximum absolute atomic E-state index is 5.96. The molecule has 0 bridgehead atoms. The molecule has 0 saturated carbocycles. The van der Waals surface area contributed by atoms with Crippen LogP contribution in [0.25, 0.3) is 0 Å². The molecule has 0 aliphatic carbocycles. The van der Waals surface area contributed by atoms with Crippen molar-refractivity contribution in [2.75, 3.05) is 26.8 Å². The predicted molar refractivity (Wildman–Crippen MR) is 39.5 cm³/mol. The van der Waals surface area contributed by atoms with E-state index in [1.54, 1.807) is 0 Å². The molecule has 2 nitrogen and oxygen atoms in total. The summed E-state index contributed by atoms with van der Waals surface area (Å²) >= 11 is 5.96. The molecule has 1 atom stereocenters. The first-order chi connectivity index (χ1) is 4.24. The van der Waals surface area contributed by atoms with Crippen LogP contribution in [0.15, 0.2) is 0 Å². The molecule has 9 heavy (non-hydrogen) atoms. The highest BCUT2D eigenvalue weighted by Crippen LogP contribution is 2.13. The lowest BCUT2D eigenvalue weighted by molar-refractivity contribution is 0.276. The molecule has 1 saturated heterocycles. The lowest BCUT2D eigenvalue weighted by Gasteiger charge is -2.14. The number of alkyl halides is 1. The molecule has 0 aromatic heterocycles. The van der Waals surface area contributed by atoms with E-state index in [1.165, 1.54) is 0 Å². The molecule has 0 aromatic rings. The Balaban J connectivity index is 2.38. The van der Waals surface area contributed by atoms with E-state index < -0.39 is 0 Å². The van der Waals surface area contributed by atoms with Gasteiger partial charge in [-0.25, -0.2) is 0 Å². The minimum atomic E-state index is 0.236. The molecule has 1 rings (SSSR count). The van der Waals surface area contributed by atoms with Gasteiger partial charge in [-0.05, 0) is 13.6 Å². The second kappa shape index (κ2) is 2.86. The zero-order valence-corrected chi connectivity index (χ0v) is 6.73. The van der Waals surface area contributed by atoms with Crippen molar-refractivity contribution in [3.8, 4) is 0 Å². The second-order valence-corrected chi connectivity index (χ2v) is 3.02. The van der Waals surface area contributed by atoms with E-state index in [9.17, 15) is 0 Å². The van der Waals surface area contributed by atoms with Crippen LogP contribution >= 0.6 is 11.6 Å². The number of hydrogen-bond acceptors (Lipinski definition) is 2. The number of halogens is 1. The van der Waals surface area contributed by atoms with Crippen LogP contribution in [-0.2, 0) is 0 Å². The molecule has 1 aliphatic heterocycles. The monoisotopic (exact) mass is 148 g/mol. The standard InChI is InChI=1S/C6H13ClN2/c1-3-9-5-8(2)4-6(9)7/h6H,3-5H2,1-2H3. The van der Waals surface area contributed by atoms with Crippen molar-refractivity contribution in [1.29, 1.82) is 0 Å². The van der Waals surface area contributed by atoms with Crippen molar-refractivity contribution in [2.24, 2.45) is 0 Å². The molecule has 0 amide bonds. The van der Waals surface area contributed by atoms with E-state index in [0.29, 0.717) is 0 Å².